The molecule has 0 saturated carbocycles. The van der Waals surface area contributed by atoms with Crippen molar-refractivity contribution in [3.05, 3.63) is 30.1 Å². The van der Waals surface area contributed by atoms with Gasteiger partial charge in [-0.2, -0.15) is 5.26 Å². The molecule has 6 nitrogen and oxygen atoms in total. The maximum Gasteiger partial charge on any atom is 0.326 e. The van der Waals surface area contributed by atoms with Crippen molar-refractivity contribution in [1.82, 2.24) is 10.3 Å². The molecule has 2 atom stereocenters. The van der Waals surface area contributed by atoms with E-state index in [9.17, 15) is 9.59 Å². The van der Waals surface area contributed by atoms with Gasteiger partial charge in [-0.15, -0.1) is 0 Å². The van der Waals surface area contributed by atoms with E-state index >= 15 is 0 Å². The Morgan fingerprint density at radius 3 is 2.78 bits per heavy atom. The van der Waals surface area contributed by atoms with Gasteiger partial charge in [0, 0.05) is 12.1 Å². The summed E-state index contributed by atoms with van der Waals surface area (Å²) in [4.78, 5) is 26.5. The molecule has 1 rings (SSSR count). The van der Waals surface area contributed by atoms with Gasteiger partial charge in [-0.25, -0.2) is 4.79 Å². The summed E-state index contributed by atoms with van der Waals surface area (Å²) >= 11 is 0. The molecule has 1 aromatic rings. The van der Waals surface area contributed by atoms with Gasteiger partial charge in [-0.05, 0) is 25.5 Å². The number of carbonyl (C=O) groups is 2. The first-order valence-corrected chi connectivity index (χ1v) is 5.39. The number of hydrogen-bond donors (Lipinski definition) is 2. The second kappa shape index (κ2) is 6.35. The molecule has 1 amide bonds. The Balaban J connectivity index is 2.71. The lowest BCUT2D eigenvalue weighted by molar-refractivity contribution is -0.139. The third kappa shape index (κ3) is 3.87. The van der Waals surface area contributed by atoms with Gasteiger partial charge in [0.05, 0.1) is 6.07 Å². The number of carboxylic acid groups (broad SMARTS) is 1. The van der Waals surface area contributed by atoms with E-state index in [0.29, 0.717) is 0 Å². The number of nitrogens with one attached hydrogen (secondary N) is 1. The zero-order valence-electron chi connectivity index (χ0n) is 9.83. The van der Waals surface area contributed by atoms with Crippen LogP contribution in [0.4, 0.5) is 0 Å². The highest BCUT2D eigenvalue weighted by Crippen LogP contribution is 2.06. The first-order chi connectivity index (χ1) is 8.54. The maximum absolute atomic E-state index is 11.7. The quantitative estimate of drug-likeness (QED) is 0.801. The predicted molar refractivity (Wildman–Crippen MR) is 62.5 cm³/mol. The SMILES string of the molecule is C[C@H](C#N)C[C@H](NC(=O)c1ccccn1)C(=O)O. The van der Waals surface area contributed by atoms with Gasteiger partial charge in [-0.1, -0.05) is 6.07 Å². The molecule has 0 saturated heterocycles. The van der Waals surface area contributed by atoms with E-state index < -0.39 is 23.8 Å². The highest BCUT2D eigenvalue weighted by Gasteiger charge is 2.23. The lowest BCUT2D eigenvalue weighted by atomic mass is 10.0. The lowest BCUT2D eigenvalue weighted by Crippen LogP contribution is -2.42. The highest BCUT2D eigenvalue weighted by molar-refractivity contribution is 5.94. The van der Waals surface area contributed by atoms with Crippen molar-refractivity contribution in [2.45, 2.75) is 19.4 Å². The monoisotopic (exact) mass is 247 g/mol. The van der Waals surface area contributed by atoms with Crippen LogP contribution in [0.15, 0.2) is 24.4 Å². The summed E-state index contributed by atoms with van der Waals surface area (Å²) in [6.45, 7) is 1.60. The Bertz CT molecular complexity index is 467. The van der Waals surface area contributed by atoms with Crippen molar-refractivity contribution < 1.29 is 14.7 Å². The van der Waals surface area contributed by atoms with Crippen molar-refractivity contribution in [3.8, 4) is 6.07 Å². The molecule has 0 aromatic carbocycles. The number of carboxylic acids is 1. The Labute approximate surface area is 104 Å². The third-order valence-electron chi connectivity index (χ3n) is 2.31. The van der Waals surface area contributed by atoms with Crippen molar-refractivity contribution in [2.75, 3.05) is 0 Å². The van der Waals surface area contributed by atoms with Crippen LogP contribution in [-0.4, -0.2) is 28.0 Å². The fourth-order valence-corrected chi connectivity index (χ4v) is 1.36. The zero-order chi connectivity index (χ0) is 13.5. The molecule has 0 radical (unpaired) electrons. The summed E-state index contributed by atoms with van der Waals surface area (Å²) in [5.74, 6) is -2.18. The molecule has 1 heterocycles. The minimum atomic E-state index is -1.17. The van der Waals surface area contributed by atoms with E-state index in [0.717, 1.165) is 0 Å². The van der Waals surface area contributed by atoms with E-state index in [2.05, 4.69) is 10.3 Å². The number of pyridine rings is 1. The molecule has 0 fully saturated rings. The lowest BCUT2D eigenvalue weighted by Gasteiger charge is -2.14. The first-order valence-electron chi connectivity index (χ1n) is 5.39. The van der Waals surface area contributed by atoms with Gasteiger partial charge in [0.1, 0.15) is 11.7 Å². The van der Waals surface area contributed by atoms with Crippen LogP contribution in [0, 0.1) is 17.2 Å². The maximum atomic E-state index is 11.7. The van der Waals surface area contributed by atoms with E-state index in [1.54, 1.807) is 19.1 Å². The molecular formula is C12H13N3O3. The summed E-state index contributed by atoms with van der Waals surface area (Å²) in [6, 6.07) is 5.62. The second-order valence-corrected chi connectivity index (χ2v) is 3.85. The molecule has 0 bridgehead atoms. The van der Waals surface area contributed by atoms with E-state index in [1.165, 1.54) is 12.3 Å². The molecule has 0 spiro atoms. The van der Waals surface area contributed by atoms with E-state index in [-0.39, 0.29) is 12.1 Å². The average molecular weight is 247 g/mol. The molecule has 94 valence electrons. The normalized spacial score (nSPS) is 13.1. The standard InChI is InChI=1S/C12H13N3O3/c1-8(7-13)6-10(12(17)18)15-11(16)9-4-2-3-5-14-9/h2-5,8,10H,6H2,1H3,(H,15,16)(H,17,18)/t8-,10-/m0/s1. The summed E-state index contributed by atoms with van der Waals surface area (Å²) in [7, 11) is 0. The van der Waals surface area contributed by atoms with Gasteiger partial charge >= 0.3 is 5.97 Å². The number of nitrogens with zero attached hydrogens (tertiary/aromatic N) is 2. The number of carbonyl (C=O) groups excluding carboxylic acids is 1. The summed E-state index contributed by atoms with van der Waals surface area (Å²) in [6.07, 6.45) is 1.51. The predicted octanol–water partition coefficient (Wildman–Crippen LogP) is 0.814. The molecular weight excluding hydrogens is 234 g/mol. The molecule has 2 N–H and O–H groups in total. The minimum Gasteiger partial charge on any atom is -0.480 e. The Hall–Kier alpha value is -2.42. The smallest absolute Gasteiger partial charge is 0.326 e. The molecule has 0 unspecified atom stereocenters. The number of amides is 1. The fourth-order valence-electron chi connectivity index (χ4n) is 1.36. The Kier molecular flexibility index (Phi) is 4.81. The van der Waals surface area contributed by atoms with Gasteiger partial charge in [-0.3, -0.25) is 9.78 Å². The Morgan fingerprint density at radius 1 is 1.56 bits per heavy atom. The van der Waals surface area contributed by atoms with E-state index in [4.69, 9.17) is 10.4 Å². The summed E-state index contributed by atoms with van der Waals surface area (Å²) < 4.78 is 0. The molecule has 0 aliphatic heterocycles. The molecule has 0 aliphatic carbocycles. The summed E-state index contributed by atoms with van der Waals surface area (Å²) in [5, 5.41) is 20.0. The molecule has 6 heteroatoms. The number of aliphatic carboxylic acids is 1. The van der Waals surface area contributed by atoms with Gasteiger partial charge in [0.2, 0.25) is 0 Å². The summed E-state index contributed by atoms with van der Waals surface area (Å²) in [5.41, 5.74) is 0.147. The van der Waals surface area contributed by atoms with Crippen LogP contribution in [-0.2, 0) is 4.79 Å². The topological polar surface area (TPSA) is 103 Å². The largest absolute Gasteiger partial charge is 0.480 e. The fraction of sp³-hybridized carbons (Fsp3) is 0.333. The van der Waals surface area contributed by atoms with Crippen LogP contribution in [0.5, 0.6) is 0 Å². The minimum absolute atomic E-state index is 0.0599. The van der Waals surface area contributed by atoms with Gasteiger partial charge in [0.15, 0.2) is 0 Å². The van der Waals surface area contributed by atoms with Crippen molar-refractivity contribution in [3.63, 3.8) is 0 Å². The van der Waals surface area contributed by atoms with Gasteiger partial charge in [0.25, 0.3) is 5.91 Å². The van der Waals surface area contributed by atoms with Crippen molar-refractivity contribution in [1.29, 1.82) is 5.26 Å². The first kappa shape index (κ1) is 13.6. The van der Waals surface area contributed by atoms with Crippen molar-refractivity contribution in [2.24, 2.45) is 5.92 Å². The van der Waals surface area contributed by atoms with Crippen LogP contribution in [0.1, 0.15) is 23.8 Å². The molecule has 0 aliphatic rings. The number of aromatic nitrogens is 1. The van der Waals surface area contributed by atoms with E-state index in [1.807, 2.05) is 6.07 Å². The third-order valence-corrected chi connectivity index (χ3v) is 2.31. The highest BCUT2D eigenvalue weighted by atomic mass is 16.4. The van der Waals surface area contributed by atoms with Crippen LogP contribution in [0.2, 0.25) is 0 Å². The zero-order valence-corrected chi connectivity index (χ0v) is 9.83. The average Bonchev–Trinajstić information content (AvgIpc) is 2.38. The van der Waals surface area contributed by atoms with Crippen LogP contribution in [0.3, 0.4) is 0 Å². The van der Waals surface area contributed by atoms with Crippen LogP contribution < -0.4 is 5.32 Å². The molecule has 1 aromatic heterocycles. The second-order valence-electron chi connectivity index (χ2n) is 3.85. The Morgan fingerprint density at radius 2 is 2.28 bits per heavy atom. The van der Waals surface area contributed by atoms with Crippen LogP contribution in [0.25, 0.3) is 0 Å². The van der Waals surface area contributed by atoms with Gasteiger partial charge < -0.3 is 10.4 Å². The number of nitriles is 1. The molecule has 18 heavy (non-hydrogen) atoms. The van der Waals surface area contributed by atoms with Crippen LogP contribution >= 0.6 is 0 Å². The van der Waals surface area contributed by atoms with Crippen molar-refractivity contribution >= 4 is 11.9 Å². The number of hydrogen-bond acceptors (Lipinski definition) is 4. The number of rotatable bonds is 5.